The summed E-state index contributed by atoms with van der Waals surface area (Å²) in [6.07, 6.45) is 3.97. The van der Waals surface area contributed by atoms with E-state index in [1.165, 1.54) is 0 Å². The number of hydrogen-bond acceptors (Lipinski definition) is 1. The average Bonchev–Trinajstić information content (AvgIpc) is 2.72. The standard InChI is InChI=1S/C13H8BrClN2/c14-10-4-5-13-16-12(8-17(13)7-10)9-2-1-3-11(15)6-9/h1-8H. The van der Waals surface area contributed by atoms with Gasteiger partial charge in [0.05, 0.1) is 5.69 Å². The number of rotatable bonds is 1. The number of aromatic nitrogens is 2. The third-order valence-corrected chi connectivity index (χ3v) is 3.24. The second-order valence-electron chi connectivity index (χ2n) is 3.75. The quantitative estimate of drug-likeness (QED) is 0.650. The lowest BCUT2D eigenvalue weighted by molar-refractivity contribution is 1.17. The molecule has 0 spiro atoms. The molecule has 2 heterocycles. The molecule has 0 bridgehead atoms. The van der Waals surface area contributed by atoms with Crippen LogP contribution in [0.15, 0.2) is 53.3 Å². The van der Waals surface area contributed by atoms with Crippen LogP contribution in [0, 0.1) is 0 Å². The molecule has 0 atom stereocenters. The number of halogens is 2. The summed E-state index contributed by atoms with van der Waals surface area (Å²) in [7, 11) is 0. The summed E-state index contributed by atoms with van der Waals surface area (Å²) in [5.41, 5.74) is 2.87. The zero-order valence-electron chi connectivity index (χ0n) is 8.77. The van der Waals surface area contributed by atoms with Gasteiger partial charge in [-0.15, -0.1) is 0 Å². The minimum Gasteiger partial charge on any atom is -0.305 e. The molecule has 0 unspecified atom stereocenters. The molecule has 2 aromatic heterocycles. The Bertz CT molecular complexity index is 691. The molecular weight excluding hydrogens is 300 g/mol. The minimum absolute atomic E-state index is 0.723. The van der Waals surface area contributed by atoms with Crippen LogP contribution in [-0.2, 0) is 0 Å². The maximum atomic E-state index is 5.98. The van der Waals surface area contributed by atoms with Gasteiger partial charge in [0, 0.05) is 27.5 Å². The van der Waals surface area contributed by atoms with Crippen molar-refractivity contribution in [3.05, 3.63) is 58.3 Å². The summed E-state index contributed by atoms with van der Waals surface area (Å²) in [6.45, 7) is 0. The van der Waals surface area contributed by atoms with E-state index in [0.29, 0.717) is 0 Å². The minimum atomic E-state index is 0.723. The van der Waals surface area contributed by atoms with E-state index < -0.39 is 0 Å². The van der Waals surface area contributed by atoms with Gasteiger partial charge in [0.25, 0.3) is 0 Å². The van der Waals surface area contributed by atoms with Gasteiger partial charge in [0.1, 0.15) is 5.65 Å². The van der Waals surface area contributed by atoms with E-state index in [1.807, 2.05) is 53.2 Å². The summed E-state index contributed by atoms with van der Waals surface area (Å²) in [5, 5.41) is 0.723. The Hall–Kier alpha value is -1.32. The van der Waals surface area contributed by atoms with Crippen LogP contribution in [0.4, 0.5) is 0 Å². The predicted molar refractivity (Wildman–Crippen MR) is 73.3 cm³/mol. The van der Waals surface area contributed by atoms with Crippen molar-refractivity contribution < 1.29 is 0 Å². The largest absolute Gasteiger partial charge is 0.305 e. The second-order valence-corrected chi connectivity index (χ2v) is 5.10. The fourth-order valence-corrected chi connectivity index (χ4v) is 2.29. The summed E-state index contributed by atoms with van der Waals surface area (Å²) >= 11 is 9.42. The Morgan fingerprint density at radius 2 is 2.00 bits per heavy atom. The first-order valence-electron chi connectivity index (χ1n) is 5.12. The first-order chi connectivity index (χ1) is 8.22. The molecule has 3 rings (SSSR count). The molecule has 2 nitrogen and oxygen atoms in total. The monoisotopic (exact) mass is 306 g/mol. The Kier molecular flexibility index (Phi) is 2.65. The molecular formula is C13H8BrClN2. The number of benzene rings is 1. The first-order valence-corrected chi connectivity index (χ1v) is 6.30. The van der Waals surface area contributed by atoms with E-state index in [-0.39, 0.29) is 0 Å². The van der Waals surface area contributed by atoms with Crippen LogP contribution in [0.25, 0.3) is 16.9 Å². The lowest BCUT2D eigenvalue weighted by Gasteiger charge is -1.95. The van der Waals surface area contributed by atoms with Gasteiger partial charge in [-0.3, -0.25) is 0 Å². The maximum Gasteiger partial charge on any atom is 0.137 e. The Balaban J connectivity index is 2.18. The van der Waals surface area contributed by atoms with E-state index in [0.717, 1.165) is 26.4 Å². The van der Waals surface area contributed by atoms with Crippen LogP contribution in [0.2, 0.25) is 5.02 Å². The van der Waals surface area contributed by atoms with Gasteiger partial charge in [-0.05, 0) is 40.2 Å². The number of pyridine rings is 1. The highest BCUT2D eigenvalue weighted by Crippen LogP contribution is 2.23. The normalized spacial score (nSPS) is 10.9. The van der Waals surface area contributed by atoms with Crippen LogP contribution in [0.3, 0.4) is 0 Å². The molecule has 0 aliphatic rings. The molecule has 0 aliphatic heterocycles. The van der Waals surface area contributed by atoms with Gasteiger partial charge in [0.15, 0.2) is 0 Å². The Morgan fingerprint density at radius 3 is 2.82 bits per heavy atom. The summed E-state index contributed by atoms with van der Waals surface area (Å²) in [4.78, 5) is 4.55. The fourth-order valence-electron chi connectivity index (χ4n) is 1.75. The summed E-state index contributed by atoms with van der Waals surface area (Å²) in [5.74, 6) is 0. The van der Waals surface area contributed by atoms with Gasteiger partial charge >= 0.3 is 0 Å². The molecule has 84 valence electrons. The molecule has 4 heteroatoms. The van der Waals surface area contributed by atoms with Crippen LogP contribution in [0.5, 0.6) is 0 Å². The van der Waals surface area contributed by atoms with E-state index in [2.05, 4.69) is 20.9 Å². The third kappa shape index (κ3) is 2.08. The Morgan fingerprint density at radius 1 is 1.12 bits per heavy atom. The number of nitrogens with zero attached hydrogens (tertiary/aromatic N) is 2. The van der Waals surface area contributed by atoms with Crippen molar-refractivity contribution in [1.82, 2.24) is 9.38 Å². The predicted octanol–water partition coefficient (Wildman–Crippen LogP) is 4.42. The summed E-state index contributed by atoms with van der Waals surface area (Å²) < 4.78 is 3.01. The maximum absolute atomic E-state index is 5.98. The lowest BCUT2D eigenvalue weighted by atomic mass is 10.2. The van der Waals surface area contributed by atoms with Crippen molar-refractivity contribution in [2.45, 2.75) is 0 Å². The van der Waals surface area contributed by atoms with Gasteiger partial charge < -0.3 is 4.40 Å². The molecule has 0 fully saturated rings. The fraction of sp³-hybridized carbons (Fsp3) is 0. The van der Waals surface area contributed by atoms with Crippen LogP contribution in [-0.4, -0.2) is 9.38 Å². The summed E-state index contributed by atoms with van der Waals surface area (Å²) in [6, 6.07) is 11.7. The number of fused-ring (bicyclic) bond motifs is 1. The van der Waals surface area contributed by atoms with Gasteiger partial charge in [-0.1, -0.05) is 23.7 Å². The second kappa shape index (κ2) is 4.17. The highest BCUT2D eigenvalue weighted by molar-refractivity contribution is 9.10. The lowest BCUT2D eigenvalue weighted by Crippen LogP contribution is -1.80. The Labute approximate surface area is 112 Å². The molecule has 3 aromatic rings. The van der Waals surface area contributed by atoms with Crippen LogP contribution >= 0.6 is 27.5 Å². The average molecular weight is 308 g/mol. The molecule has 0 amide bonds. The molecule has 0 radical (unpaired) electrons. The highest BCUT2D eigenvalue weighted by atomic mass is 79.9. The van der Waals surface area contributed by atoms with E-state index in [9.17, 15) is 0 Å². The topological polar surface area (TPSA) is 17.3 Å². The molecule has 0 saturated carbocycles. The van der Waals surface area contributed by atoms with Gasteiger partial charge in [-0.25, -0.2) is 4.98 Å². The van der Waals surface area contributed by atoms with Crippen molar-refractivity contribution in [2.24, 2.45) is 0 Å². The van der Waals surface area contributed by atoms with Crippen molar-refractivity contribution in [3.8, 4) is 11.3 Å². The van der Waals surface area contributed by atoms with Crippen molar-refractivity contribution in [2.75, 3.05) is 0 Å². The zero-order chi connectivity index (χ0) is 11.8. The van der Waals surface area contributed by atoms with E-state index in [4.69, 9.17) is 11.6 Å². The molecule has 0 N–H and O–H groups in total. The number of hydrogen-bond donors (Lipinski definition) is 0. The highest BCUT2D eigenvalue weighted by Gasteiger charge is 2.04. The number of imidazole rings is 1. The molecule has 0 aliphatic carbocycles. The molecule has 17 heavy (non-hydrogen) atoms. The van der Waals surface area contributed by atoms with Crippen molar-refractivity contribution in [3.63, 3.8) is 0 Å². The van der Waals surface area contributed by atoms with Crippen LogP contribution < -0.4 is 0 Å². The molecule has 0 saturated heterocycles. The SMILES string of the molecule is Clc1cccc(-c2cn3cc(Br)ccc3n2)c1. The van der Waals surface area contributed by atoms with Crippen molar-refractivity contribution in [1.29, 1.82) is 0 Å². The van der Waals surface area contributed by atoms with Gasteiger partial charge in [-0.2, -0.15) is 0 Å². The third-order valence-electron chi connectivity index (χ3n) is 2.54. The zero-order valence-corrected chi connectivity index (χ0v) is 11.1. The molecule has 1 aromatic carbocycles. The van der Waals surface area contributed by atoms with Crippen molar-refractivity contribution >= 4 is 33.2 Å². The van der Waals surface area contributed by atoms with E-state index >= 15 is 0 Å². The first kappa shape index (κ1) is 10.8. The van der Waals surface area contributed by atoms with E-state index in [1.54, 1.807) is 0 Å². The van der Waals surface area contributed by atoms with Gasteiger partial charge in [0.2, 0.25) is 0 Å². The smallest absolute Gasteiger partial charge is 0.137 e. The van der Waals surface area contributed by atoms with Crippen LogP contribution in [0.1, 0.15) is 0 Å².